The molecule has 134 valence electrons. The molecular formula is C20H21N3O2S. The van der Waals surface area contributed by atoms with E-state index >= 15 is 0 Å². The van der Waals surface area contributed by atoms with Gasteiger partial charge in [-0.05, 0) is 30.2 Å². The molecule has 1 aromatic heterocycles. The van der Waals surface area contributed by atoms with Gasteiger partial charge in [0.05, 0.1) is 18.6 Å². The zero-order chi connectivity index (χ0) is 18.4. The molecule has 0 radical (unpaired) electrons. The van der Waals surface area contributed by atoms with Crippen LogP contribution in [-0.2, 0) is 11.3 Å². The Balaban J connectivity index is 1.64. The standard InChI is InChI=1S/C20H21N3O2S/c1-15-8-9-18(25-2)17(12-15)23-11-10-21-20(23)26-14-19(24)22-13-16-6-4-3-5-7-16/h3-12H,13-14H2,1-2H3,(H,22,24). The van der Waals surface area contributed by atoms with Crippen molar-refractivity contribution in [1.82, 2.24) is 14.9 Å². The van der Waals surface area contributed by atoms with E-state index in [2.05, 4.69) is 10.3 Å². The number of imidazole rings is 1. The Labute approximate surface area is 157 Å². The van der Waals surface area contributed by atoms with E-state index in [9.17, 15) is 4.79 Å². The first-order valence-corrected chi connectivity index (χ1v) is 9.27. The zero-order valence-electron chi connectivity index (χ0n) is 14.8. The highest BCUT2D eigenvalue weighted by Gasteiger charge is 2.12. The van der Waals surface area contributed by atoms with Crippen LogP contribution in [0.5, 0.6) is 5.75 Å². The topological polar surface area (TPSA) is 56.2 Å². The summed E-state index contributed by atoms with van der Waals surface area (Å²) in [4.78, 5) is 16.5. The molecule has 0 atom stereocenters. The maximum absolute atomic E-state index is 12.1. The van der Waals surface area contributed by atoms with Crippen molar-refractivity contribution in [2.75, 3.05) is 12.9 Å². The lowest BCUT2D eigenvalue weighted by atomic mass is 10.2. The Morgan fingerprint density at radius 2 is 2.04 bits per heavy atom. The molecule has 0 unspecified atom stereocenters. The lowest BCUT2D eigenvalue weighted by Crippen LogP contribution is -2.24. The molecule has 0 aliphatic heterocycles. The van der Waals surface area contributed by atoms with Gasteiger partial charge in [0.15, 0.2) is 5.16 Å². The van der Waals surface area contributed by atoms with Gasteiger partial charge in [-0.3, -0.25) is 9.36 Å². The van der Waals surface area contributed by atoms with E-state index in [1.54, 1.807) is 13.3 Å². The molecule has 0 saturated heterocycles. The third kappa shape index (κ3) is 4.46. The molecular weight excluding hydrogens is 346 g/mol. The summed E-state index contributed by atoms with van der Waals surface area (Å²) < 4.78 is 7.40. The second kappa shape index (κ2) is 8.58. The minimum Gasteiger partial charge on any atom is -0.495 e. The number of carbonyl (C=O) groups excluding carboxylic acids is 1. The van der Waals surface area contributed by atoms with Gasteiger partial charge in [-0.1, -0.05) is 48.2 Å². The monoisotopic (exact) mass is 367 g/mol. The summed E-state index contributed by atoms with van der Waals surface area (Å²) in [6.45, 7) is 2.56. The summed E-state index contributed by atoms with van der Waals surface area (Å²) in [6.07, 6.45) is 3.60. The predicted octanol–water partition coefficient (Wildman–Crippen LogP) is 3.60. The van der Waals surface area contributed by atoms with Gasteiger partial charge in [-0.15, -0.1) is 0 Å². The number of methoxy groups -OCH3 is 1. The van der Waals surface area contributed by atoms with E-state index in [1.165, 1.54) is 11.8 Å². The summed E-state index contributed by atoms with van der Waals surface area (Å²) in [7, 11) is 1.65. The van der Waals surface area contributed by atoms with Crippen molar-refractivity contribution in [2.45, 2.75) is 18.6 Å². The number of benzene rings is 2. The van der Waals surface area contributed by atoms with Crippen LogP contribution in [0.4, 0.5) is 0 Å². The van der Waals surface area contributed by atoms with Gasteiger partial charge in [-0.2, -0.15) is 0 Å². The SMILES string of the molecule is COc1ccc(C)cc1-n1ccnc1SCC(=O)NCc1ccccc1. The third-order valence-corrected chi connectivity index (χ3v) is 4.83. The van der Waals surface area contributed by atoms with Crippen molar-refractivity contribution >= 4 is 17.7 Å². The number of thioether (sulfide) groups is 1. The van der Waals surface area contributed by atoms with Gasteiger partial charge >= 0.3 is 0 Å². The number of aryl methyl sites for hydroxylation is 1. The first kappa shape index (κ1) is 18.1. The Kier molecular flexibility index (Phi) is 5.96. The van der Waals surface area contributed by atoms with Crippen molar-refractivity contribution in [2.24, 2.45) is 0 Å². The number of hydrogen-bond acceptors (Lipinski definition) is 4. The summed E-state index contributed by atoms with van der Waals surface area (Å²) >= 11 is 1.40. The van der Waals surface area contributed by atoms with Gasteiger partial charge in [0, 0.05) is 18.9 Å². The largest absolute Gasteiger partial charge is 0.495 e. The van der Waals surface area contributed by atoms with Gasteiger partial charge in [0.25, 0.3) is 0 Å². The molecule has 3 rings (SSSR count). The lowest BCUT2D eigenvalue weighted by Gasteiger charge is -2.12. The van der Waals surface area contributed by atoms with Crippen LogP contribution in [-0.4, -0.2) is 28.3 Å². The molecule has 0 fully saturated rings. The molecule has 0 bridgehead atoms. The van der Waals surface area contributed by atoms with Crippen molar-refractivity contribution < 1.29 is 9.53 Å². The Bertz CT molecular complexity index is 878. The van der Waals surface area contributed by atoms with Gasteiger partial charge in [-0.25, -0.2) is 4.98 Å². The lowest BCUT2D eigenvalue weighted by molar-refractivity contribution is -0.118. The highest BCUT2D eigenvalue weighted by atomic mass is 32.2. The number of rotatable bonds is 7. The van der Waals surface area contributed by atoms with Crippen LogP contribution in [0.15, 0.2) is 66.1 Å². The van der Waals surface area contributed by atoms with E-state index in [1.807, 2.05) is 66.2 Å². The number of hydrogen-bond donors (Lipinski definition) is 1. The maximum atomic E-state index is 12.1. The Morgan fingerprint density at radius 1 is 1.23 bits per heavy atom. The van der Waals surface area contributed by atoms with Crippen LogP contribution >= 0.6 is 11.8 Å². The molecule has 6 heteroatoms. The summed E-state index contributed by atoms with van der Waals surface area (Å²) in [6, 6.07) is 15.8. The average molecular weight is 367 g/mol. The highest BCUT2D eigenvalue weighted by molar-refractivity contribution is 7.99. The number of nitrogens with zero attached hydrogens (tertiary/aromatic N) is 2. The van der Waals surface area contributed by atoms with Crippen LogP contribution in [0.3, 0.4) is 0 Å². The Morgan fingerprint density at radius 3 is 2.81 bits per heavy atom. The van der Waals surface area contributed by atoms with E-state index < -0.39 is 0 Å². The minimum atomic E-state index is -0.0235. The molecule has 26 heavy (non-hydrogen) atoms. The van der Waals surface area contributed by atoms with Crippen LogP contribution in [0.1, 0.15) is 11.1 Å². The van der Waals surface area contributed by atoms with Gasteiger partial charge < -0.3 is 10.1 Å². The Hall–Kier alpha value is -2.73. The maximum Gasteiger partial charge on any atom is 0.230 e. The molecule has 0 spiro atoms. The van der Waals surface area contributed by atoms with E-state index in [0.29, 0.717) is 12.3 Å². The van der Waals surface area contributed by atoms with Crippen molar-refractivity contribution in [3.63, 3.8) is 0 Å². The molecule has 1 amide bonds. The zero-order valence-corrected chi connectivity index (χ0v) is 15.6. The predicted molar refractivity (Wildman–Crippen MR) is 104 cm³/mol. The minimum absolute atomic E-state index is 0.0235. The summed E-state index contributed by atoms with van der Waals surface area (Å²) in [5.41, 5.74) is 3.13. The summed E-state index contributed by atoms with van der Waals surface area (Å²) in [5.74, 6) is 1.05. The molecule has 0 saturated carbocycles. The van der Waals surface area contributed by atoms with Crippen LogP contribution in [0.25, 0.3) is 5.69 Å². The average Bonchev–Trinajstić information content (AvgIpc) is 3.14. The van der Waals surface area contributed by atoms with Crippen molar-refractivity contribution in [3.8, 4) is 11.4 Å². The molecule has 0 aliphatic rings. The van der Waals surface area contributed by atoms with Gasteiger partial charge in [0.2, 0.25) is 5.91 Å². The van der Waals surface area contributed by atoms with Crippen molar-refractivity contribution in [1.29, 1.82) is 0 Å². The normalized spacial score (nSPS) is 10.5. The van der Waals surface area contributed by atoms with Crippen LogP contribution in [0.2, 0.25) is 0 Å². The first-order chi connectivity index (χ1) is 12.7. The van der Waals surface area contributed by atoms with E-state index in [0.717, 1.165) is 27.7 Å². The van der Waals surface area contributed by atoms with Crippen molar-refractivity contribution in [3.05, 3.63) is 72.1 Å². The van der Waals surface area contributed by atoms with E-state index in [-0.39, 0.29) is 5.91 Å². The molecule has 3 aromatic rings. The second-order valence-electron chi connectivity index (χ2n) is 5.81. The smallest absolute Gasteiger partial charge is 0.230 e. The van der Waals surface area contributed by atoms with Gasteiger partial charge in [0.1, 0.15) is 5.75 Å². The van der Waals surface area contributed by atoms with E-state index in [4.69, 9.17) is 4.74 Å². The number of amides is 1. The third-order valence-electron chi connectivity index (χ3n) is 3.87. The molecule has 1 N–H and O–H groups in total. The first-order valence-electron chi connectivity index (χ1n) is 8.29. The fourth-order valence-electron chi connectivity index (χ4n) is 2.55. The number of ether oxygens (including phenoxy) is 1. The second-order valence-corrected chi connectivity index (χ2v) is 6.75. The molecule has 1 heterocycles. The quantitative estimate of drug-likeness (QED) is 0.648. The number of carbonyl (C=O) groups is 1. The summed E-state index contributed by atoms with van der Waals surface area (Å²) in [5, 5.41) is 3.68. The number of aromatic nitrogens is 2. The molecule has 5 nitrogen and oxygen atoms in total. The fourth-order valence-corrected chi connectivity index (χ4v) is 3.34. The van der Waals surface area contributed by atoms with Crippen LogP contribution < -0.4 is 10.1 Å². The highest BCUT2D eigenvalue weighted by Crippen LogP contribution is 2.28. The molecule has 0 aliphatic carbocycles. The van der Waals surface area contributed by atoms with Crippen LogP contribution in [0, 0.1) is 6.92 Å². The number of nitrogens with one attached hydrogen (secondary N) is 1. The molecule has 2 aromatic carbocycles. The fraction of sp³-hybridized carbons (Fsp3) is 0.200.